The van der Waals surface area contributed by atoms with Gasteiger partial charge in [-0.15, -0.1) is 0 Å². The molecule has 0 saturated carbocycles. The van der Waals surface area contributed by atoms with Gasteiger partial charge in [-0.3, -0.25) is 4.79 Å². The number of nitrogens with one attached hydrogen (secondary N) is 2. The summed E-state index contributed by atoms with van der Waals surface area (Å²) in [6.07, 6.45) is 3.57. The highest BCUT2D eigenvalue weighted by atomic mass is 16.5. The van der Waals surface area contributed by atoms with Crippen LogP contribution in [0.1, 0.15) is 30.3 Å². The zero-order chi connectivity index (χ0) is 13.2. The fraction of sp³-hybridized carbons (Fsp3) is 0.583. The molecule has 0 saturated heterocycles. The van der Waals surface area contributed by atoms with Gasteiger partial charge in [0.15, 0.2) is 0 Å². The van der Waals surface area contributed by atoms with Crippen molar-refractivity contribution in [1.82, 2.24) is 15.3 Å². The van der Waals surface area contributed by atoms with E-state index in [2.05, 4.69) is 27.5 Å². The number of hydrogen-bond donors (Lipinski definition) is 2. The number of ether oxygens (including phenoxy) is 1. The summed E-state index contributed by atoms with van der Waals surface area (Å²) in [5.74, 6) is 0.461. The molecule has 1 aromatic rings. The van der Waals surface area contributed by atoms with Gasteiger partial charge in [0.2, 0.25) is 0 Å². The van der Waals surface area contributed by atoms with E-state index >= 15 is 0 Å². The van der Waals surface area contributed by atoms with Crippen LogP contribution in [0.4, 0.5) is 5.82 Å². The Morgan fingerprint density at radius 3 is 2.94 bits per heavy atom. The molecule has 0 unspecified atom stereocenters. The molecule has 0 fully saturated rings. The minimum absolute atomic E-state index is 0.215. The molecule has 6 nitrogen and oxygen atoms in total. The summed E-state index contributed by atoms with van der Waals surface area (Å²) in [5.41, 5.74) is 0.361. The predicted octanol–water partition coefficient (Wildman–Crippen LogP) is 1.06. The summed E-state index contributed by atoms with van der Waals surface area (Å²) in [5, 5.41) is 5.86. The Balaban J connectivity index is 2.49. The van der Waals surface area contributed by atoms with Crippen LogP contribution in [0.3, 0.4) is 0 Å². The number of rotatable bonds is 8. The normalized spacial score (nSPS) is 10.1. The third kappa shape index (κ3) is 5.09. The van der Waals surface area contributed by atoms with E-state index in [9.17, 15) is 4.79 Å². The third-order valence-corrected chi connectivity index (χ3v) is 2.33. The van der Waals surface area contributed by atoms with Gasteiger partial charge in [-0.25, -0.2) is 9.97 Å². The zero-order valence-corrected chi connectivity index (χ0v) is 10.9. The molecule has 1 rings (SSSR count). The molecule has 0 aliphatic heterocycles. The average Bonchev–Trinajstić information content (AvgIpc) is 2.39. The summed E-state index contributed by atoms with van der Waals surface area (Å²) in [7, 11) is 1.59. The van der Waals surface area contributed by atoms with Gasteiger partial charge < -0.3 is 15.4 Å². The molecule has 0 bridgehead atoms. The SMILES string of the molecule is CCCCNc1cc(C(=O)NCCOC)ncn1. The minimum Gasteiger partial charge on any atom is -0.383 e. The van der Waals surface area contributed by atoms with Crippen LogP contribution in [0.2, 0.25) is 0 Å². The predicted molar refractivity (Wildman–Crippen MR) is 69.6 cm³/mol. The number of unbranched alkanes of at least 4 members (excludes halogenated alkanes) is 1. The van der Waals surface area contributed by atoms with E-state index < -0.39 is 0 Å². The van der Waals surface area contributed by atoms with Crippen LogP contribution >= 0.6 is 0 Å². The number of methoxy groups -OCH3 is 1. The Kier molecular flexibility index (Phi) is 6.71. The van der Waals surface area contributed by atoms with E-state index in [1.54, 1.807) is 13.2 Å². The lowest BCUT2D eigenvalue weighted by atomic mass is 10.3. The van der Waals surface area contributed by atoms with E-state index in [0.717, 1.165) is 19.4 Å². The lowest BCUT2D eigenvalue weighted by molar-refractivity contribution is 0.0932. The maximum absolute atomic E-state index is 11.7. The lowest BCUT2D eigenvalue weighted by Gasteiger charge is -2.06. The molecule has 18 heavy (non-hydrogen) atoms. The third-order valence-electron chi connectivity index (χ3n) is 2.33. The summed E-state index contributed by atoms with van der Waals surface area (Å²) in [6.45, 7) is 3.92. The number of hydrogen-bond acceptors (Lipinski definition) is 5. The molecule has 1 aromatic heterocycles. The van der Waals surface area contributed by atoms with Crippen molar-refractivity contribution in [2.24, 2.45) is 0 Å². The van der Waals surface area contributed by atoms with Gasteiger partial charge in [-0.2, -0.15) is 0 Å². The van der Waals surface area contributed by atoms with Gasteiger partial charge in [-0.1, -0.05) is 13.3 Å². The van der Waals surface area contributed by atoms with Gasteiger partial charge in [0, 0.05) is 26.3 Å². The first-order valence-electron chi connectivity index (χ1n) is 6.11. The van der Waals surface area contributed by atoms with E-state index in [0.29, 0.717) is 24.7 Å². The molecule has 1 amide bonds. The summed E-state index contributed by atoms with van der Waals surface area (Å²) in [4.78, 5) is 19.7. The second kappa shape index (κ2) is 8.41. The Morgan fingerprint density at radius 2 is 2.22 bits per heavy atom. The molecule has 0 aromatic carbocycles. The van der Waals surface area contributed by atoms with E-state index in [1.807, 2.05) is 0 Å². The molecule has 0 radical (unpaired) electrons. The van der Waals surface area contributed by atoms with E-state index in [4.69, 9.17) is 4.74 Å². The van der Waals surface area contributed by atoms with Crippen LogP contribution in [-0.4, -0.2) is 42.7 Å². The van der Waals surface area contributed by atoms with Crippen molar-refractivity contribution in [3.63, 3.8) is 0 Å². The van der Waals surface area contributed by atoms with Crippen molar-refractivity contribution >= 4 is 11.7 Å². The Morgan fingerprint density at radius 1 is 1.39 bits per heavy atom. The Bertz CT molecular complexity index is 371. The molecule has 2 N–H and O–H groups in total. The van der Waals surface area contributed by atoms with Crippen LogP contribution in [0.25, 0.3) is 0 Å². The monoisotopic (exact) mass is 252 g/mol. The van der Waals surface area contributed by atoms with Gasteiger partial charge in [0.05, 0.1) is 6.61 Å². The van der Waals surface area contributed by atoms with Crippen molar-refractivity contribution in [3.8, 4) is 0 Å². The van der Waals surface area contributed by atoms with Gasteiger partial charge in [-0.05, 0) is 6.42 Å². The highest BCUT2D eigenvalue weighted by molar-refractivity contribution is 5.92. The number of amides is 1. The second-order valence-electron chi connectivity index (χ2n) is 3.82. The van der Waals surface area contributed by atoms with Crippen molar-refractivity contribution in [1.29, 1.82) is 0 Å². The average molecular weight is 252 g/mol. The largest absolute Gasteiger partial charge is 0.383 e. The topological polar surface area (TPSA) is 76.1 Å². The Labute approximate surface area is 107 Å². The zero-order valence-electron chi connectivity index (χ0n) is 10.9. The molecular formula is C12H20N4O2. The summed E-state index contributed by atoms with van der Waals surface area (Å²) >= 11 is 0. The molecule has 0 aliphatic carbocycles. The van der Waals surface area contributed by atoms with E-state index in [1.165, 1.54) is 6.33 Å². The van der Waals surface area contributed by atoms with Gasteiger partial charge in [0.1, 0.15) is 17.8 Å². The summed E-state index contributed by atoms with van der Waals surface area (Å²) < 4.78 is 4.86. The quantitative estimate of drug-likeness (QED) is 0.677. The second-order valence-corrected chi connectivity index (χ2v) is 3.82. The van der Waals surface area contributed by atoms with Crippen molar-refractivity contribution in [3.05, 3.63) is 18.1 Å². The minimum atomic E-state index is -0.215. The molecule has 0 atom stereocenters. The van der Waals surface area contributed by atoms with Gasteiger partial charge >= 0.3 is 0 Å². The molecule has 1 heterocycles. The maximum atomic E-state index is 11.7. The van der Waals surface area contributed by atoms with Crippen LogP contribution < -0.4 is 10.6 Å². The lowest BCUT2D eigenvalue weighted by Crippen LogP contribution is -2.27. The van der Waals surface area contributed by atoms with Crippen molar-refractivity contribution in [2.75, 3.05) is 32.1 Å². The highest BCUT2D eigenvalue weighted by Gasteiger charge is 2.07. The molecule has 0 spiro atoms. The fourth-order valence-corrected chi connectivity index (χ4v) is 1.33. The molecule has 100 valence electrons. The highest BCUT2D eigenvalue weighted by Crippen LogP contribution is 2.04. The fourth-order valence-electron chi connectivity index (χ4n) is 1.33. The molecule has 0 aliphatic rings. The number of anilines is 1. The first-order chi connectivity index (χ1) is 8.77. The maximum Gasteiger partial charge on any atom is 0.270 e. The first kappa shape index (κ1) is 14.4. The number of carbonyl (C=O) groups excluding carboxylic acids is 1. The first-order valence-corrected chi connectivity index (χ1v) is 6.11. The van der Waals surface area contributed by atoms with Crippen LogP contribution in [0.5, 0.6) is 0 Å². The standard InChI is InChI=1S/C12H20N4O2/c1-3-4-5-13-11-8-10(15-9-16-11)12(17)14-6-7-18-2/h8-9H,3-7H2,1-2H3,(H,14,17)(H,13,15,16). The smallest absolute Gasteiger partial charge is 0.270 e. The van der Waals surface area contributed by atoms with Crippen LogP contribution in [0, 0.1) is 0 Å². The number of nitrogens with zero attached hydrogens (tertiary/aromatic N) is 2. The number of aromatic nitrogens is 2. The van der Waals surface area contributed by atoms with Crippen LogP contribution in [0.15, 0.2) is 12.4 Å². The molecular weight excluding hydrogens is 232 g/mol. The van der Waals surface area contributed by atoms with Crippen LogP contribution in [-0.2, 0) is 4.74 Å². The number of carbonyl (C=O) groups is 1. The Hall–Kier alpha value is -1.69. The van der Waals surface area contributed by atoms with Gasteiger partial charge in [0.25, 0.3) is 5.91 Å². The summed E-state index contributed by atoms with van der Waals surface area (Å²) in [6, 6.07) is 1.65. The van der Waals surface area contributed by atoms with E-state index in [-0.39, 0.29) is 5.91 Å². The van der Waals surface area contributed by atoms with Crippen molar-refractivity contribution in [2.45, 2.75) is 19.8 Å². The molecule has 6 heteroatoms. The van der Waals surface area contributed by atoms with Crippen molar-refractivity contribution < 1.29 is 9.53 Å².